The van der Waals surface area contributed by atoms with Crippen LogP contribution in [0.3, 0.4) is 0 Å². The number of imide groups is 1. The third-order valence-electron chi connectivity index (χ3n) is 9.52. The molecule has 3 aromatic carbocycles. The fourth-order valence-corrected chi connectivity index (χ4v) is 11.2. The van der Waals surface area contributed by atoms with Crippen molar-refractivity contribution in [3.05, 3.63) is 102 Å². The first-order valence-electron chi connectivity index (χ1n) is 14.6. The number of aromatic amines is 1. The van der Waals surface area contributed by atoms with E-state index in [0.29, 0.717) is 22.1 Å². The molecule has 4 aromatic rings. The Morgan fingerprint density at radius 3 is 2.49 bits per heavy atom. The van der Waals surface area contributed by atoms with Crippen molar-refractivity contribution in [2.45, 2.75) is 22.6 Å². The first-order chi connectivity index (χ1) is 21.8. The summed E-state index contributed by atoms with van der Waals surface area (Å²) in [5.74, 6) is -0.820. The number of aromatic nitrogens is 1. The second-order valence-electron chi connectivity index (χ2n) is 11.9. The van der Waals surface area contributed by atoms with Crippen LogP contribution in [0.25, 0.3) is 0 Å². The maximum atomic E-state index is 14.0. The molecule has 12 heteroatoms. The number of anilines is 2. The minimum absolute atomic E-state index is 0.000483. The molecule has 3 amide bonds. The smallest absolute Gasteiger partial charge is 0.305 e. The van der Waals surface area contributed by atoms with Crippen molar-refractivity contribution in [2.75, 3.05) is 16.8 Å². The van der Waals surface area contributed by atoms with Crippen molar-refractivity contribution >= 4 is 79.7 Å². The normalized spacial score (nSPS) is 27.7. The van der Waals surface area contributed by atoms with E-state index < -0.39 is 0 Å². The van der Waals surface area contributed by atoms with Crippen LogP contribution in [0.2, 0.25) is 5.02 Å². The Kier molecular flexibility index (Phi) is 7.20. The number of H-pyrrole nitrogens is 1. The summed E-state index contributed by atoms with van der Waals surface area (Å²) in [6.45, 7) is -0.182. The zero-order valence-electron chi connectivity index (χ0n) is 23.4. The summed E-state index contributed by atoms with van der Waals surface area (Å²) in [6, 6.07) is 21.8. The van der Waals surface area contributed by atoms with Gasteiger partial charge in [0.25, 0.3) is 5.91 Å². The maximum Gasteiger partial charge on any atom is 0.305 e. The average Bonchev–Trinajstić information content (AvgIpc) is 3.77. The van der Waals surface area contributed by atoms with Crippen molar-refractivity contribution in [1.29, 1.82) is 0 Å². The van der Waals surface area contributed by atoms with Gasteiger partial charge in [0, 0.05) is 31.2 Å². The number of nitrogens with one attached hydrogen (secondary N) is 2. The SMILES string of the molecule is O=C(COc1cccc([C@H]2c3sc(=O)[nH]c3SC3C2[C@H]2C[C@@H]3C3C(=O)N(c4ccc(Br)cc4)C(=O)C32)c1)Nc1ccc(Cl)cc1. The molecule has 0 radical (unpaired) electrons. The number of thioether (sulfide) groups is 1. The Labute approximate surface area is 279 Å². The van der Waals surface area contributed by atoms with Gasteiger partial charge in [-0.15, -0.1) is 11.8 Å². The predicted molar refractivity (Wildman–Crippen MR) is 177 cm³/mol. The number of fused-ring (bicyclic) bond motifs is 9. The number of benzene rings is 3. The number of thiazole rings is 1. The highest BCUT2D eigenvalue weighted by Crippen LogP contribution is 2.68. The van der Waals surface area contributed by atoms with Gasteiger partial charge in [-0.05, 0) is 90.4 Å². The molecule has 228 valence electrons. The highest BCUT2D eigenvalue weighted by atomic mass is 79.9. The van der Waals surface area contributed by atoms with Crippen LogP contribution in [0.5, 0.6) is 5.75 Å². The number of amides is 3. The lowest BCUT2D eigenvalue weighted by atomic mass is 9.68. The predicted octanol–water partition coefficient (Wildman–Crippen LogP) is 6.55. The molecule has 1 aromatic heterocycles. The Hall–Kier alpha value is -3.38. The van der Waals surface area contributed by atoms with E-state index >= 15 is 0 Å². The van der Waals surface area contributed by atoms with Gasteiger partial charge in [0.1, 0.15) is 5.75 Å². The van der Waals surface area contributed by atoms with Gasteiger partial charge in [-0.25, -0.2) is 0 Å². The average molecular weight is 723 g/mol. The summed E-state index contributed by atoms with van der Waals surface area (Å²) in [6.07, 6.45) is 0.806. The first kappa shape index (κ1) is 29.1. The summed E-state index contributed by atoms with van der Waals surface area (Å²) in [7, 11) is 0. The van der Waals surface area contributed by atoms with Crippen LogP contribution in [-0.2, 0) is 14.4 Å². The van der Waals surface area contributed by atoms with Gasteiger partial charge in [0.2, 0.25) is 11.8 Å². The van der Waals surface area contributed by atoms with Gasteiger partial charge in [-0.3, -0.25) is 24.1 Å². The lowest BCUT2D eigenvalue weighted by Crippen LogP contribution is -2.42. The zero-order valence-corrected chi connectivity index (χ0v) is 27.4. The van der Waals surface area contributed by atoms with Crippen molar-refractivity contribution in [1.82, 2.24) is 4.98 Å². The molecule has 2 aliphatic carbocycles. The molecular weight excluding hydrogens is 698 g/mol. The number of carbonyl (C=O) groups excluding carboxylic acids is 3. The topological polar surface area (TPSA) is 109 Å². The molecule has 1 saturated heterocycles. The van der Waals surface area contributed by atoms with E-state index in [1.165, 1.54) is 16.2 Å². The van der Waals surface area contributed by atoms with Gasteiger partial charge in [-0.1, -0.05) is 51.0 Å². The van der Waals surface area contributed by atoms with Gasteiger partial charge in [0.15, 0.2) is 6.61 Å². The molecule has 3 fully saturated rings. The van der Waals surface area contributed by atoms with E-state index in [2.05, 4.69) is 26.2 Å². The summed E-state index contributed by atoms with van der Waals surface area (Å²) in [5.41, 5.74) is 2.18. The lowest BCUT2D eigenvalue weighted by molar-refractivity contribution is -0.123. The van der Waals surface area contributed by atoms with Crippen LogP contribution in [-0.4, -0.2) is 34.6 Å². The van der Waals surface area contributed by atoms with Crippen molar-refractivity contribution in [2.24, 2.45) is 29.6 Å². The van der Waals surface area contributed by atoms with Crippen molar-refractivity contribution < 1.29 is 19.1 Å². The fraction of sp³-hybridized carbons (Fsp3) is 0.273. The summed E-state index contributed by atoms with van der Waals surface area (Å²) in [5, 5.41) is 4.30. The Morgan fingerprint density at radius 1 is 1.00 bits per heavy atom. The monoisotopic (exact) mass is 721 g/mol. The Bertz CT molecular complexity index is 1910. The number of carbonyl (C=O) groups is 3. The van der Waals surface area contributed by atoms with Gasteiger partial charge in [-0.2, -0.15) is 0 Å². The van der Waals surface area contributed by atoms with Crippen molar-refractivity contribution in [3.63, 3.8) is 0 Å². The number of halogens is 2. The Balaban J connectivity index is 1.08. The molecule has 2 saturated carbocycles. The number of hydrogen-bond acceptors (Lipinski definition) is 7. The molecule has 0 spiro atoms. The van der Waals surface area contributed by atoms with Crippen LogP contribution < -0.4 is 19.8 Å². The van der Waals surface area contributed by atoms with Gasteiger partial charge >= 0.3 is 4.87 Å². The second kappa shape index (κ2) is 11.2. The lowest BCUT2D eigenvalue weighted by Gasteiger charge is -2.43. The maximum absolute atomic E-state index is 14.0. The summed E-state index contributed by atoms with van der Waals surface area (Å²) < 4.78 is 6.79. The quantitative estimate of drug-likeness (QED) is 0.219. The fourth-order valence-electron chi connectivity index (χ4n) is 7.91. The second-order valence-corrected chi connectivity index (χ2v) is 15.4. The highest BCUT2D eigenvalue weighted by molar-refractivity contribution is 9.10. The third kappa shape index (κ3) is 4.86. The molecule has 45 heavy (non-hydrogen) atoms. The standard InChI is InChI=1S/C33H25BrClN3O5S2/c34-16-4-10-19(11-5-16)38-31(40)26-21-13-22(27(26)32(38)41)28-25(21)24(29-30(44-28)37-33(42)45-29)15-2-1-3-20(12-15)43-14-23(39)36-18-8-6-17(35)7-9-18/h1-12,21-22,24-28H,13-14H2,(H,36,39)(H,37,42)/t21-,22-,24-,25?,26?,27?,28?/m1/s1. The van der Waals surface area contributed by atoms with E-state index in [1.54, 1.807) is 54.2 Å². The molecule has 4 aliphatic rings. The summed E-state index contributed by atoms with van der Waals surface area (Å²) >= 11 is 12.2. The minimum atomic E-state index is -0.385. The molecule has 7 atom stereocenters. The zero-order chi connectivity index (χ0) is 31.0. The van der Waals surface area contributed by atoms with Gasteiger partial charge < -0.3 is 15.0 Å². The Morgan fingerprint density at radius 2 is 1.73 bits per heavy atom. The van der Waals surface area contributed by atoms with Crippen LogP contribution in [0.15, 0.2) is 87.1 Å². The molecule has 2 aliphatic heterocycles. The summed E-state index contributed by atoms with van der Waals surface area (Å²) in [4.78, 5) is 58.3. The van der Waals surface area contributed by atoms with Crippen LogP contribution in [0.1, 0.15) is 22.8 Å². The molecule has 8 nitrogen and oxygen atoms in total. The first-order valence-corrected chi connectivity index (χ1v) is 17.4. The molecular formula is C33H25BrClN3O5S2. The third-order valence-corrected chi connectivity index (χ3v) is 12.9. The van der Waals surface area contributed by atoms with Crippen LogP contribution in [0, 0.1) is 29.6 Å². The molecule has 2 N–H and O–H groups in total. The number of hydrogen-bond donors (Lipinski definition) is 2. The van der Waals surface area contributed by atoms with E-state index in [1.807, 2.05) is 30.3 Å². The van der Waals surface area contributed by atoms with E-state index in [4.69, 9.17) is 16.3 Å². The number of nitrogens with zero attached hydrogens (tertiary/aromatic N) is 1. The molecule has 8 rings (SSSR count). The van der Waals surface area contributed by atoms with Gasteiger partial charge in [0.05, 0.1) is 22.5 Å². The number of ether oxygens (including phenoxy) is 1. The minimum Gasteiger partial charge on any atom is -0.484 e. The van der Waals surface area contributed by atoms with E-state index in [9.17, 15) is 19.2 Å². The molecule has 2 bridgehead atoms. The molecule has 4 unspecified atom stereocenters. The highest BCUT2D eigenvalue weighted by Gasteiger charge is 2.69. The largest absolute Gasteiger partial charge is 0.484 e. The van der Waals surface area contributed by atoms with E-state index in [-0.39, 0.29) is 70.0 Å². The van der Waals surface area contributed by atoms with E-state index in [0.717, 1.165) is 26.4 Å². The number of rotatable bonds is 6. The van der Waals surface area contributed by atoms with Crippen LogP contribution in [0.4, 0.5) is 11.4 Å². The molecule has 3 heterocycles. The van der Waals surface area contributed by atoms with Crippen molar-refractivity contribution in [3.8, 4) is 5.75 Å². The van der Waals surface area contributed by atoms with Crippen LogP contribution >= 0.6 is 50.6 Å².